The van der Waals surface area contributed by atoms with E-state index in [2.05, 4.69) is 0 Å². The maximum Gasteiger partial charge on any atom is 0.419 e. The molecule has 0 spiro atoms. The Balaban J connectivity index is 2.85. The van der Waals surface area contributed by atoms with E-state index < -0.39 is 60.4 Å². The van der Waals surface area contributed by atoms with Crippen molar-refractivity contribution >= 4 is 46.4 Å². The first-order chi connectivity index (χ1) is 11.2. The predicted molar refractivity (Wildman–Crippen MR) is 82.5 cm³/mol. The maximum absolute atomic E-state index is 13.1. The lowest BCUT2D eigenvalue weighted by molar-refractivity contribution is -0.138. The number of hydrogen-bond donors (Lipinski definition) is 1. The van der Waals surface area contributed by atoms with Gasteiger partial charge in [-0.2, -0.15) is 26.3 Å². The van der Waals surface area contributed by atoms with Gasteiger partial charge in [0.05, 0.1) is 26.3 Å². The fourth-order valence-electron chi connectivity index (χ4n) is 1.95. The third kappa shape index (κ3) is 3.86. The molecule has 2 nitrogen and oxygen atoms in total. The van der Waals surface area contributed by atoms with Gasteiger partial charge >= 0.3 is 12.4 Å². The Labute approximate surface area is 155 Å². The summed E-state index contributed by atoms with van der Waals surface area (Å²) in [5.74, 6) is 0. The first-order valence-electron chi connectivity index (χ1n) is 6.00. The Kier molecular flexibility index (Phi) is 5.32. The minimum Gasteiger partial charge on any atom is -0.319 e. The van der Waals surface area contributed by atoms with Crippen LogP contribution in [0.1, 0.15) is 11.1 Å². The normalized spacial score (nSPS) is 12.6. The maximum atomic E-state index is 13.1. The molecule has 0 atom stereocenters. The lowest BCUT2D eigenvalue weighted by Gasteiger charge is -2.16. The van der Waals surface area contributed by atoms with Gasteiger partial charge < -0.3 is 4.98 Å². The van der Waals surface area contributed by atoms with Gasteiger partial charge in [-0.1, -0.05) is 46.4 Å². The molecular formula is C13H3Cl4F6NO. The Morgan fingerprint density at radius 2 is 1.28 bits per heavy atom. The van der Waals surface area contributed by atoms with Crippen LogP contribution in [0.3, 0.4) is 0 Å². The Morgan fingerprint density at radius 3 is 1.68 bits per heavy atom. The summed E-state index contributed by atoms with van der Waals surface area (Å²) in [5.41, 5.74) is -5.44. The van der Waals surface area contributed by atoms with Crippen LogP contribution in [0.2, 0.25) is 20.1 Å². The molecule has 2 rings (SSSR count). The minimum absolute atomic E-state index is 0.444. The average Bonchev–Trinajstić information content (AvgIpc) is 2.41. The zero-order valence-electron chi connectivity index (χ0n) is 11.3. The fourth-order valence-corrected chi connectivity index (χ4v) is 3.27. The first kappa shape index (κ1) is 20.2. The second kappa shape index (κ2) is 6.57. The van der Waals surface area contributed by atoms with E-state index >= 15 is 0 Å². The van der Waals surface area contributed by atoms with Crippen LogP contribution >= 0.6 is 46.4 Å². The average molecular weight is 445 g/mol. The molecule has 0 amide bonds. The van der Waals surface area contributed by atoms with E-state index in [1.807, 2.05) is 4.98 Å². The number of rotatable bonds is 1. The summed E-state index contributed by atoms with van der Waals surface area (Å²) >= 11 is 22.5. The highest BCUT2D eigenvalue weighted by atomic mass is 35.5. The molecule has 0 saturated carbocycles. The summed E-state index contributed by atoms with van der Waals surface area (Å²) in [6, 6.07) is 0.887. The highest BCUT2D eigenvalue weighted by Gasteiger charge is 2.39. The molecule has 0 saturated heterocycles. The van der Waals surface area contributed by atoms with Crippen LogP contribution in [-0.2, 0) is 12.4 Å². The van der Waals surface area contributed by atoms with Crippen LogP contribution in [0.15, 0.2) is 16.9 Å². The van der Waals surface area contributed by atoms with E-state index in [1.165, 1.54) is 0 Å². The van der Waals surface area contributed by atoms with Crippen LogP contribution in [0, 0.1) is 0 Å². The van der Waals surface area contributed by atoms with Crippen molar-refractivity contribution < 1.29 is 26.3 Å². The van der Waals surface area contributed by atoms with Crippen molar-refractivity contribution in [2.45, 2.75) is 12.4 Å². The van der Waals surface area contributed by atoms with Crippen molar-refractivity contribution in [2.75, 3.05) is 0 Å². The molecule has 136 valence electrons. The molecule has 1 N–H and O–H groups in total. The van der Waals surface area contributed by atoms with Crippen LogP contribution < -0.4 is 5.56 Å². The zero-order valence-corrected chi connectivity index (χ0v) is 14.4. The van der Waals surface area contributed by atoms with E-state index in [0.29, 0.717) is 12.1 Å². The van der Waals surface area contributed by atoms with Gasteiger partial charge in [-0.3, -0.25) is 4.79 Å². The second-order valence-corrected chi connectivity index (χ2v) is 6.21. The summed E-state index contributed by atoms with van der Waals surface area (Å²) < 4.78 is 77.4. The van der Waals surface area contributed by atoms with E-state index in [1.54, 1.807) is 0 Å². The zero-order chi connectivity index (χ0) is 19.3. The number of hydrogen-bond acceptors (Lipinski definition) is 1. The van der Waals surface area contributed by atoms with E-state index in [0.717, 1.165) is 0 Å². The monoisotopic (exact) mass is 443 g/mol. The molecule has 0 radical (unpaired) electrons. The number of pyridine rings is 1. The minimum atomic E-state index is -5.10. The fraction of sp³-hybridized carbons (Fsp3) is 0.154. The van der Waals surface area contributed by atoms with E-state index in [9.17, 15) is 31.1 Å². The van der Waals surface area contributed by atoms with Gasteiger partial charge in [0.25, 0.3) is 5.56 Å². The summed E-state index contributed by atoms with van der Waals surface area (Å²) in [6.07, 6.45) is -9.89. The first-order valence-corrected chi connectivity index (χ1v) is 7.51. The Bertz CT molecular complexity index is 880. The SMILES string of the molecule is O=c1[nH]c(-c2c(Cl)cc(C(F)(F)F)cc2Cl)c(Cl)c(C(F)(F)F)c1Cl. The molecule has 0 unspecified atom stereocenters. The van der Waals surface area contributed by atoms with Crippen LogP contribution in [0.25, 0.3) is 11.3 Å². The number of alkyl halides is 6. The van der Waals surface area contributed by atoms with Gasteiger partial charge in [0.1, 0.15) is 10.6 Å². The van der Waals surface area contributed by atoms with Crippen molar-refractivity contribution in [1.29, 1.82) is 0 Å². The van der Waals surface area contributed by atoms with Crippen LogP contribution in [-0.4, -0.2) is 4.98 Å². The van der Waals surface area contributed by atoms with Crippen molar-refractivity contribution in [3.05, 3.63) is 53.7 Å². The quantitative estimate of drug-likeness (QED) is 0.488. The van der Waals surface area contributed by atoms with Crippen molar-refractivity contribution in [1.82, 2.24) is 4.98 Å². The third-order valence-corrected chi connectivity index (χ3v) is 4.33. The van der Waals surface area contributed by atoms with Gasteiger partial charge in [0.2, 0.25) is 0 Å². The standard InChI is InChI=1S/C13H3Cl4F6NO/c14-4-1-3(12(18,19)20)2-5(15)6(4)10-8(16)7(13(21,22)23)9(17)11(25)24-10/h1-2H,(H,24,25). The Hall–Kier alpha value is -1.09. The highest BCUT2D eigenvalue weighted by Crippen LogP contribution is 2.46. The number of benzene rings is 1. The van der Waals surface area contributed by atoms with Gasteiger partial charge in [-0.25, -0.2) is 0 Å². The molecule has 0 aliphatic carbocycles. The molecule has 1 aromatic heterocycles. The molecule has 0 aliphatic rings. The molecule has 0 fully saturated rings. The molecular weight excluding hydrogens is 442 g/mol. The number of nitrogens with one attached hydrogen (secondary N) is 1. The largest absolute Gasteiger partial charge is 0.419 e. The number of halogens is 10. The van der Waals surface area contributed by atoms with Gasteiger partial charge in [0, 0.05) is 5.56 Å². The molecule has 1 aromatic carbocycles. The predicted octanol–water partition coefficient (Wildman–Crippen LogP) is 6.69. The lowest BCUT2D eigenvalue weighted by atomic mass is 10.1. The van der Waals surface area contributed by atoms with Crippen molar-refractivity contribution in [3.63, 3.8) is 0 Å². The topological polar surface area (TPSA) is 32.9 Å². The molecule has 0 bridgehead atoms. The highest BCUT2D eigenvalue weighted by molar-refractivity contribution is 6.42. The summed E-state index contributed by atoms with van der Waals surface area (Å²) in [5, 5.41) is -3.60. The number of aromatic nitrogens is 1. The summed E-state index contributed by atoms with van der Waals surface area (Å²) in [6.45, 7) is 0. The molecule has 1 heterocycles. The Morgan fingerprint density at radius 1 is 0.800 bits per heavy atom. The summed E-state index contributed by atoms with van der Waals surface area (Å²) in [4.78, 5) is 13.6. The second-order valence-electron chi connectivity index (χ2n) is 4.64. The molecule has 0 aliphatic heterocycles. The van der Waals surface area contributed by atoms with Crippen molar-refractivity contribution in [3.8, 4) is 11.3 Å². The molecule has 12 heteroatoms. The van der Waals surface area contributed by atoms with Gasteiger partial charge in [-0.15, -0.1) is 0 Å². The number of aromatic amines is 1. The van der Waals surface area contributed by atoms with Crippen LogP contribution in [0.4, 0.5) is 26.3 Å². The van der Waals surface area contributed by atoms with Gasteiger partial charge in [-0.05, 0) is 12.1 Å². The van der Waals surface area contributed by atoms with Crippen LogP contribution in [0.5, 0.6) is 0 Å². The smallest absolute Gasteiger partial charge is 0.319 e. The van der Waals surface area contributed by atoms with Gasteiger partial charge in [0.15, 0.2) is 0 Å². The lowest BCUT2D eigenvalue weighted by Crippen LogP contribution is -2.18. The summed E-state index contributed by atoms with van der Waals surface area (Å²) in [7, 11) is 0. The third-order valence-electron chi connectivity index (χ3n) is 3.00. The molecule has 25 heavy (non-hydrogen) atoms. The number of H-pyrrole nitrogens is 1. The van der Waals surface area contributed by atoms with E-state index in [4.69, 9.17) is 46.4 Å². The molecule has 2 aromatic rings. The van der Waals surface area contributed by atoms with E-state index in [-0.39, 0.29) is 0 Å². The van der Waals surface area contributed by atoms with Crippen molar-refractivity contribution in [2.24, 2.45) is 0 Å².